The van der Waals surface area contributed by atoms with Gasteiger partial charge in [-0.1, -0.05) is 17.7 Å². The first kappa shape index (κ1) is 13.4. The topological polar surface area (TPSA) is 54.5 Å². The molecule has 1 heterocycles. The molecule has 1 aromatic rings. The number of rotatable bonds is 3. The summed E-state index contributed by atoms with van der Waals surface area (Å²) in [5.41, 5.74) is 1.09. The number of sulfone groups is 1. The van der Waals surface area contributed by atoms with Crippen LogP contribution in [0.1, 0.15) is 16.8 Å². The summed E-state index contributed by atoms with van der Waals surface area (Å²) < 4.78 is 23.0. The summed E-state index contributed by atoms with van der Waals surface area (Å²) in [6, 6.07) is 5.09. The van der Waals surface area contributed by atoms with Gasteiger partial charge in [0, 0.05) is 18.8 Å². The molecule has 0 saturated carbocycles. The van der Waals surface area contributed by atoms with Crippen LogP contribution in [0.2, 0.25) is 5.02 Å². The van der Waals surface area contributed by atoms with Crippen LogP contribution in [0.5, 0.6) is 0 Å². The summed E-state index contributed by atoms with van der Waals surface area (Å²) in [6.45, 7) is 0. The molecule has 0 bridgehead atoms. The number of anilines is 1. The van der Waals surface area contributed by atoms with E-state index in [-0.39, 0.29) is 17.5 Å². The lowest BCUT2D eigenvalue weighted by molar-refractivity contribution is 0.112. The lowest BCUT2D eigenvalue weighted by Crippen LogP contribution is -2.33. The van der Waals surface area contributed by atoms with Gasteiger partial charge in [-0.05, 0) is 18.6 Å². The van der Waals surface area contributed by atoms with Gasteiger partial charge in [-0.3, -0.25) is 4.79 Å². The highest BCUT2D eigenvalue weighted by Gasteiger charge is 2.31. The van der Waals surface area contributed by atoms with E-state index in [1.165, 1.54) is 0 Å². The molecule has 1 aliphatic heterocycles. The zero-order chi connectivity index (χ0) is 13.3. The van der Waals surface area contributed by atoms with Crippen molar-refractivity contribution in [2.75, 3.05) is 23.5 Å². The number of nitrogens with zero attached hydrogens (tertiary/aromatic N) is 1. The molecule has 2 rings (SSSR count). The van der Waals surface area contributed by atoms with Crippen molar-refractivity contribution in [3.63, 3.8) is 0 Å². The van der Waals surface area contributed by atoms with E-state index < -0.39 is 9.84 Å². The second-order valence-corrected chi connectivity index (χ2v) is 7.09. The standard InChI is InChI=1S/C12H14ClNO3S/c1-14(9-5-6-18(16,17)8-9)12-4-2-3-11(13)10(12)7-15/h2-4,7,9H,5-6,8H2,1H3. The van der Waals surface area contributed by atoms with Crippen LogP contribution in [0.4, 0.5) is 5.69 Å². The van der Waals surface area contributed by atoms with Crippen molar-refractivity contribution >= 4 is 33.4 Å². The lowest BCUT2D eigenvalue weighted by atomic mass is 10.1. The summed E-state index contributed by atoms with van der Waals surface area (Å²) in [4.78, 5) is 12.9. The lowest BCUT2D eigenvalue weighted by Gasteiger charge is -2.27. The van der Waals surface area contributed by atoms with Gasteiger partial charge in [0.05, 0.1) is 22.1 Å². The molecule has 0 amide bonds. The summed E-state index contributed by atoms with van der Waals surface area (Å²) in [7, 11) is -1.15. The van der Waals surface area contributed by atoms with E-state index in [0.717, 1.165) is 0 Å². The molecule has 98 valence electrons. The zero-order valence-corrected chi connectivity index (χ0v) is 11.5. The number of carbonyl (C=O) groups is 1. The highest BCUT2D eigenvalue weighted by molar-refractivity contribution is 7.91. The molecule has 1 unspecified atom stereocenters. The normalized spacial score (nSPS) is 21.8. The Morgan fingerprint density at radius 3 is 2.72 bits per heavy atom. The van der Waals surface area contributed by atoms with E-state index in [0.29, 0.717) is 29.0 Å². The number of benzene rings is 1. The molecule has 0 N–H and O–H groups in total. The second kappa shape index (κ2) is 4.90. The highest BCUT2D eigenvalue weighted by atomic mass is 35.5. The van der Waals surface area contributed by atoms with Gasteiger partial charge in [0.2, 0.25) is 0 Å². The number of halogens is 1. The maximum Gasteiger partial charge on any atom is 0.153 e. The molecule has 18 heavy (non-hydrogen) atoms. The fourth-order valence-corrected chi connectivity index (χ4v) is 4.22. The second-order valence-electron chi connectivity index (χ2n) is 4.46. The molecule has 4 nitrogen and oxygen atoms in total. The third-order valence-corrected chi connectivity index (χ3v) is 5.36. The molecule has 0 radical (unpaired) electrons. The largest absolute Gasteiger partial charge is 0.370 e. The van der Waals surface area contributed by atoms with Gasteiger partial charge in [0.1, 0.15) is 0 Å². The molecule has 1 saturated heterocycles. The van der Waals surface area contributed by atoms with Gasteiger partial charge >= 0.3 is 0 Å². The fraction of sp³-hybridized carbons (Fsp3) is 0.417. The molecular weight excluding hydrogens is 274 g/mol. The molecule has 0 aliphatic carbocycles. The number of carbonyl (C=O) groups excluding carboxylic acids is 1. The fourth-order valence-electron chi connectivity index (χ4n) is 2.23. The van der Waals surface area contributed by atoms with Crippen molar-refractivity contribution in [3.8, 4) is 0 Å². The third kappa shape index (κ3) is 2.52. The van der Waals surface area contributed by atoms with E-state index in [2.05, 4.69) is 0 Å². The van der Waals surface area contributed by atoms with Gasteiger partial charge < -0.3 is 4.90 Å². The maximum absolute atomic E-state index is 11.5. The van der Waals surface area contributed by atoms with Gasteiger partial charge in [-0.25, -0.2) is 8.42 Å². The van der Waals surface area contributed by atoms with Gasteiger partial charge in [0.25, 0.3) is 0 Å². The minimum absolute atomic E-state index is 0.0906. The average molecular weight is 288 g/mol. The van der Waals surface area contributed by atoms with E-state index in [9.17, 15) is 13.2 Å². The minimum Gasteiger partial charge on any atom is -0.370 e. The third-order valence-electron chi connectivity index (χ3n) is 3.28. The SMILES string of the molecule is CN(c1cccc(Cl)c1C=O)C1CCS(=O)(=O)C1. The van der Waals surface area contributed by atoms with Crippen molar-refractivity contribution < 1.29 is 13.2 Å². The van der Waals surface area contributed by atoms with Crippen molar-refractivity contribution in [3.05, 3.63) is 28.8 Å². The van der Waals surface area contributed by atoms with Crippen molar-refractivity contribution in [2.45, 2.75) is 12.5 Å². The summed E-state index contributed by atoms with van der Waals surface area (Å²) in [5.74, 6) is 0.341. The van der Waals surface area contributed by atoms with Crippen LogP contribution in [0.3, 0.4) is 0 Å². The van der Waals surface area contributed by atoms with Crippen LogP contribution in [0, 0.1) is 0 Å². The quantitative estimate of drug-likeness (QED) is 0.795. The Morgan fingerprint density at radius 1 is 1.44 bits per heavy atom. The van der Waals surface area contributed by atoms with Crippen LogP contribution in [-0.4, -0.2) is 39.3 Å². The molecule has 0 aromatic heterocycles. The van der Waals surface area contributed by atoms with Gasteiger partial charge in [-0.15, -0.1) is 0 Å². The summed E-state index contributed by atoms with van der Waals surface area (Å²) in [6.07, 6.45) is 1.29. The van der Waals surface area contributed by atoms with E-state index in [1.807, 2.05) is 4.90 Å². The van der Waals surface area contributed by atoms with E-state index in [4.69, 9.17) is 11.6 Å². The van der Waals surface area contributed by atoms with E-state index >= 15 is 0 Å². The Kier molecular flexibility index (Phi) is 3.64. The van der Waals surface area contributed by atoms with Crippen LogP contribution in [-0.2, 0) is 9.84 Å². The Hall–Kier alpha value is -1.07. The van der Waals surface area contributed by atoms with Crippen LogP contribution in [0.25, 0.3) is 0 Å². The Morgan fingerprint density at radius 2 is 2.17 bits per heavy atom. The highest BCUT2D eigenvalue weighted by Crippen LogP contribution is 2.29. The Bertz CT molecular complexity index is 571. The smallest absolute Gasteiger partial charge is 0.153 e. The summed E-state index contributed by atoms with van der Waals surface area (Å²) >= 11 is 5.96. The first-order valence-electron chi connectivity index (χ1n) is 5.61. The monoisotopic (exact) mass is 287 g/mol. The van der Waals surface area contributed by atoms with Gasteiger partial charge in [0.15, 0.2) is 16.1 Å². The minimum atomic E-state index is -2.94. The van der Waals surface area contributed by atoms with Crippen LogP contribution >= 0.6 is 11.6 Å². The van der Waals surface area contributed by atoms with E-state index in [1.54, 1.807) is 25.2 Å². The van der Waals surface area contributed by atoms with Crippen LogP contribution in [0.15, 0.2) is 18.2 Å². The average Bonchev–Trinajstić information content (AvgIpc) is 2.68. The summed E-state index contributed by atoms with van der Waals surface area (Å²) in [5, 5.41) is 0.384. The molecule has 1 fully saturated rings. The predicted octanol–water partition coefficient (Wildman–Crippen LogP) is 1.78. The molecular formula is C12H14ClNO3S. The predicted molar refractivity (Wildman–Crippen MR) is 72.3 cm³/mol. The van der Waals surface area contributed by atoms with Crippen LogP contribution < -0.4 is 4.90 Å². The number of hydrogen-bond acceptors (Lipinski definition) is 4. The van der Waals surface area contributed by atoms with Gasteiger partial charge in [-0.2, -0.15) is 0 Å². The first-order valence-corrected chi connectivity index (χ1v) is 7.81. The zero-order valence-electron chi connectivity index (χ0n) is 9.97. The molecule has 1 atom stereocenters. The maximum atomic E-state index is 11.5. The Labute approximate surface area is 111 Å². The van der Waals surface area contributed by atoms with Crippen molar-refractivity contribution in [1.29, 1.82) is 0 Å². The molecule has 1 aliphatic rings. The molecule has 6 heteroatoms. The van der Waals surface area contributed by atoms with Crippen molar-refractivity contribution in [1.82, 2.24) is 0 Å². The molecule has 0 spiro atoms. The molecule has 1 aromatic carbocycles. The first-order chi connectivity index (χ1) is 8.44. The number of hydrogen-bond donors (Lipinski definition) is 0. The number of aldehydes is 1. The Balaban J connectivity index is 2.32. The van der Waals surface area contributed by atoms with Crippen molar-refractivity contribution in [2.24, 2.45) is 0 Å².